The molecule has 17 heavy (non-hydrogen) atoms. The second-order valence-electron chi connectivity index (χ2n) is 3.64. The zero-order valence-electron chi connectivity index (χ0n) is 8.96. The van der Waals surface area contributed by atoms with Crippen molar-refractivity contribution < 1.29 is 4.79 Å². The van der Waals surface area contributed by atoms with Gasteiger partial charge < -0.3 is 5.73 Å². The number of ketones is 1. The average Bonchev–Trinajstić information content (AvgIpc) is 2.57. The third-order valence-electron chi connectivity index (χ3n) is 2.40. The molecule has 0 amide bonds. The third kappa shape index (κ3) is 2.46. The van der Waals surface area contributed by atoms with Gasteiger partial charge in [0.2, 0.25) is 0 Å². The highest BCUT2D eigenvalue weighted by molar-refractivity contribution is 7.20. The summed E-state index contributed by atoms with van der Waals surface area (Å²) in [5.74, 6) is -0.129. The number of benzene rings is 1. The van der Waals surface area contributed by atoms with Crippen LogP contribution in [0.4, 0.5) is 5.69 Å². The maximum absolute atomic E-state index is 12.2. The molecule has 5 heteroatoms. The summed E-state index contributed by atoms with van der Waals surface area (Å²) in [4.78, 5) is 12.2. The molecule has 0 radical (unpaired) electrons. The van der Waals surface area contributed by atoms with Crippen molar-refractivity contribution in [1.29, 1.82) is 0 Å². The fourth-order valence-electron chi connectivity index (χ4n) is 1.58. The molecule has 1 heterocycles. The average molecular weight is 286 g/mol. The van der Waals surface area contributed by atoms with Crippen molar-refractivity contribution in [3.05, 3.63) is 49.6 Å². The van der Waals surface area contributed by atoms with Crippen LogP contribution in [0.25, 0.3) is 0 Å². The highest BCUT2D eigenvalue weighted by atomic mass is 35.5. The summed E-state index contributed by atoms with van der Waals surface area (Å²) < 4.78 is 0.919. The number of anilines is 1. The molecule has 1 aromatic heterocycles. The van der Waals surface area contributed by atoms with E-state index in [0.717, 1.165) is 5.56 Å². The number of carbonyl (C=O) groups excluding carboxylic acids is 1. The van der Waals surface area contributed by atoms with Crippen molar-refractivity contribution in [1.82, 2.24) is 0 Å². The van der Waals surface area contributed by atoms with Crippen molar-refractivity contribution in [3.63, 3.8) is 0 Å². The minimum Gasteiger partial charge on any atom is -0.399 e. The summed E-state index contributed by atoms with van der Waals surface area (Å²) in [5.41, 5.74) is 8.14. The highest BCUT2D eigenvalue weighted by Gasteiger charge is 2.17. The van der Waals surface area contributed by atoms with Crippen LogP contribution in [0.3, 0.4) is 0 Å². The van der Waals surface area contributed by atoms with Crippen molar-refractivity contribution in [3.8, 4) is 0 Å². The summed E-state index contributed by atoms with van der Waals surface area (Å²) in [6.45, 7) is 1.84. The predicted molar refractivity (Wildman–Crippen MR) is 73.4 cm³/mol. The van der Waals surface area contributed by atoms with Gasteiger partial charge in [0, 0.05) is 11.3 Å². The van der Waals surface area contributed by atoms with E-state index in [2.05, 4.69) is 0 Å². The molecule has 0 bridgehead atoms. The molecule has 0 unspecified atom stereocenters. The molecule has 0 aliphatic rings. The van der Waals surface area contributed by atoms with Gasteiger partial charge >= 0.3 is 0 Å². The molecule has 0 atom stereocenters. The van der Waals surface area contributed by atoms with Crippen molar-refractivity contribution in [2.45, 2.75) is 6.92 Å². The molecule has 0 saturated carbocycles. The normalized spacial score (nSPS) is 10.5. The van der Waals surface area contributed by atoms with Gasteiger partial charge in [0.1, 0.15) is 4.34 Å². The number of carbonyl (C=O) groups is 1. The quantitative estimate of drug-likeness (QED) is 0.665. The zero-order valence-corrected chi connectivity index (χ0v) is 11.3. The Morgan fingerprint density at radius 1 is 1.24 bits per heavy atom. The Kier molecular flexibility index (Phi) is 3.43. The van der Waals surface area contributed by atoms with Crippen LogP contribution in [-0.2, 0) is 0 Å². The minimum absolute atomic E-state index is 0.129. The van der Waals surface area contributed by atoms with Gasteiger partial charge in [0.15, 0.2) is 5.78 Å². The lowest BCUT2D eigenvalue weighted by atomic mass is 10.0. The maximum atomic E-state index is 12.2. The standard InChI is InChI=1S/C12H9Cl2NOS/c1-6-4-7(15)2-3-8(6)11(16)9-5-10(13)17-12(9)14/h2-5H,15H2,1H3. The second-order valence-corrected chi connectivity index (χ2v) is 5.93. The van der Waals surface area contributed by atoms with Crippen LogP contribution in [0.5, 0.6) is 0 Å². The monoisotopic (exact) mass is 285 g/mol. The zero-order chi connectivity index (χ0) is 12.6. The van der Waals surface area contributed by atoms with Crippen LogP contribution >= 0.6 is 34.5 Å². The van der Waals surface area contributed by atoms with E-state index < -0.39 is 0 Å². The summed E-state index contributed by atoms with van der Waals surface area (Å²) in [6.07, 6.45) is 0. The van der Waals surface area contributed by atoms with E-state index in [1.807, 2.05) is 6.92 Å². The van der Waals surface area contributed by atoms with Gasteiger partial charge in [0.25, 0.3) is 0 Å². The fraction of sp³-hybridized carbons (Fsp3) is 0.0833. The molecule has 0 aliphatic heterocycles. The number of hydrogen-bond acceptors (Lipinski definition) is 3. The highest BCUT2D eigenvalue weighted by Crippen LogP contribution is 2.33. The van der Waals surface area contributed by atoms with Gasteiger partial charge in [-0.25, -0.2) is 0 Å². The fourth-order valence-corrected chi connectivity index (χ4v) is 3.04. The van der Waals surface area contributed by atoms with E-state index >= 15 is 0 Å². The topological polar surface area (TPSA) is 43.1 Å². The molecule has 2 rings (SSSR count). The first kappa shape index (κ1) is 12.4. The van der Waals surface area contributed by atoms with Crippen LogP contribution in [-0.4, -0.2) is 5.78 Å². The maximum Gasteiger partial charge on any atom is 0.195 e. The number of rotatable bonds is 2. The van der Waals surface area contributed by atoms with E-state index in [1.54, 1.807) is 24.3 Å². The lowest BCUT2D eigenvalue weighted by molar-refractivity contribution is 0.103. The predicted octanol–water partition coefficient (Wildman–Crippen LogP) is 4.18. The summed E-state index contributed by atoms with van der Waals surface area (Å²) >= 11 is 13.0. The van der Waals surface area contributed by atoms with E-state index in [0.29, 0.717) is 25.5 Å². The molecule has 1 aromatic carbocycles. The van der Waals surface area contributed by atoms with Gasteiger partial charge in [-0.2, -0.15) is 0 Å². The van der Waals surface area contributed by atoms with Gasteiger partial charge in [-0.05, 0) is 36.8 Å². The number of aryl methyl sites for hydroxylation is 1. The minimum atomic E-state index is -0.129. The van der Waals surface area contributed by atoms with Crippen LogP contribution in [0.2, 0.25) is 8.67 Å². The molecule has 2 nitrogen and oxygen atoms in total. The van der Waals surface area contributed by atoms with E-state index in [1.165, 1.54) is 11.3 Å². The molecule has 0 fully saturated rings. The molecule has 88 valence electrons. The Morgan fingerprint density at radius 3 is 2.47 bits per heavy atom. The van der Waals surface area contributed by atoms with Crippen molar-refractivity contribution >= 4 is 46.0 Å². The van der Waals surface area contributed by atoms with E-state index in [-0.39, 0.29) is 5.78 Å². The summed E-state index contributed by atoms with van der Waals surface area (Å²) in [7, 11) is 0. The van der Waals surface area contributed by atoms with Crippen LogP contribution in [0.1, 0.15) is 21.5 Å². The Hall–Kier alpha value is -1.03. The SMILES string of the molecule is Cc1cc(N)ccc1C(=O)c1cc(Cl)sc1Cl. The lowest BCUT2D eigenvalue weighted by Gasteiger charge is -2.04. The summed E-state index contributed by atoms with van der Waals surface area (Å²) in [6, 6.07) is 6.75. The largest absolute Gasteiger partial charge is 0.399 e. The number of nitrogens with two attached hydrogens (primary N) is 1. The molecular weight excluding hydrogens is 277 g/mol. The van der Waals surface area contributed by atoms with Gasteiger partial charge in [-0.3, -0.25) is 4.79 Å². The molecule has 2 aromatic rings. The van der Waals surface area contributed by atoms with Gasteiger partial charge in [0.05, 0.1) is 9.90 Å². The number of nitrogen functional groups attached to an aromatic ring is 1. The Bertz CT molecular complexity index is 592. The first-order chi connectivity index (χ1) is 7.99. The Labute approximate surface area is 113 Å². The van der Waals surface area contributed by atoms with Gasteiger partial charge in [-0.15, -0.1) is 11.3 Å². The number of thiophene rings is 1. The van der Waals surface area contributed by atoms with Gasteiger partial charge in [-0.1, -0.05) is 23.2 Å². The first-order valence-electron chi connectivity index (χ1n) is 4.84. The number of halogens is 2. The molecular formula is C12H9Cl2NOS. The van der Waals surface area contributed by atoms with E-state index in [4.69, 9.17) is 28.9 Å². The van der Waals surface area contributed by atoms with Crippen molar-refractivity contribution in [2.24, 2.45) is 0 Å². The van der Waals surface area contributed by atoms with Crippen LogP contribution < -0.4 is 5.73 Å². The molecule has 0 saturated heterocycles. The van der Waals surface area contributed by atoms with E-state index in [9.17, 15) is 4.79 Å². The second kappa shape index (κ2) is 4.69. The third-order valence-corrected chi connectivity index (χ3v) is 3.88. The van der Waals surface area contributed by atoms with Crippen LogP contribution in [0.15, 0.2) is 24.3 Å². The smallest absolute Gasteiger partial charge is 0.195 e. The molecule has 0 spiro atoms. The van der Waals surface area contributed by atoms with Crippen LogP contribution in [0, 0.1) is 6.92 Å². The Morgan fingerprint density at radius 2 is 1.94 bits per heavy atom. The number of hydrogen-bond donors (Lipinski definition) is 1. The Balaban J connectivity index is 2.47. The molecule has 2 N–H and O–H groups in total. The first-order valence-corrected chi connectivity index (χ1v) is 6.42. The molecule has 0 aliphatic carbocycles. The lowest BCUT2D eigenvalue weighted by Crippen LogP contribution is -2.03. The van der Waals surface area contributed by atoms with Crippen molar-refractivity contribution in [2.75, 3.05) is 5.73 Å². The summed E-state index contributed by atoms with van der Waals surface area (Å²) in [5, 5.41) is 0.